The molecule has 0 aromatic heterocycles. The Morgan fingerprint density at radius 3 is 0.759 bits per heavy atom. The molecule has 0 radical (unpaired) electrons. The van der Waals surface area contributed by atoms with E-state index in [2.05, 4.69) is 47.3 Å². The van der Waals surface area contributed by atoms with E-state index in [9.17, 15) is 0 Å². The quantitative estimate of drug-likeness (QED) is 0.325. The predicted octanol–water partition coefficient (Wildman–Crippen LogP) is 1.67. The fourth-order valence-corrected chi connectivity index (χ4v) is 5.30. The first-order chi connectivity index (χ1) is 13.3. The summed E-state index contributed by atoms with van der Waals surface area (Å²) in [5.74, 6) is 0. The Kier molecular flexibility index (Phi) is 14.7. The van der Waals surface area contributed by atoms with Crippen molar-refractivity contribution in [2.75, 3.05) is 82.8 Å². The van der Waals surface area contributed by atoms with Crippen molar-refractivity contribution in [2.45, 2.75) is 51.9 Å². The second-order valence-corrected chi connectivity index (χ2v) is 12.4. The minimum atomic E-state index is -3.97. The van der Waals surface area contributed by atoms with Crippen LogP contribution in [0.2, 0.25) is 0 Å². The molecule has 0 saturated carbocycles. The Morgan fingerprint density at radius 2 is 0.621 bits per heavy atom. The van der Waals surface area contributed by atoms with E-state index in [0.29, 0.717) is 26.4 Å². The topological polar surface area (TPSA) is 49.9 Å². The van der Waals surface area contributed by atoms with Crippen molar-refractivity contribution in [1.29, 1.82) is 0 Å². The molecule has 8 nitrogen and oxygen atoms in total. The van der Waals surface area contributed by atoms with E-state index in [1.807, 2.05) is 56.4 Å². The van der Waals surface area contributed by atoms with Gasteiger partial charge in [-0.3, -0.25) is 0 Å². The molecule has 4 unspecified atom stereocenters. The van der Waals surface area contributed by atoms with Crippen LogP contribution >= 0.6 is 0 Å². The zero-order valence-electron chi connectivity index (χ0n) is 21.1. The molecular weight excluding hydrogens is 408 g/mol. The van der Waals surface area contributed by atoms with E-state index < -0.39 is 18.1 Å². The predicted molar refractivity (Wildman–Crippen MR) is 116 cm³/mol. The molecule has 0 aromatic carbocycles. The Balaban J connectivity index is 5.47. The van der Waals surface area contributed by atoms with Crippen LogP contribution in [0.4, 0.5) is 0 Å². The van der Waals surface area contributed by atoms with Crippen molar-refractivity contribution < 1.29 is 31.4 Å². The van der Waals surface area contributed by atoms with Gasteiger partial charge in [-0.25, -0.2) is 0 Å². The first kappa shape index (κ1) is 29.4. The summed E-state index contributed by atoms with van der Waals surface area (Å²) in [7, 11) is 16.3. The Bertz CT molecular complexity index is 350. The molecule has 9 heteroatoms. The summed E-state index contributed by atoms with van der Waals surface area (Å²) >= 11 is -3.97. The van der Waals surface area contributed by atoms with Crippen molar-refractivity contribution >= 4 is 0 Å². The molecule has 176 valence electrons. The summed E-state index contributed by atoms with van der Waals surface area (Å²) in [4.78, 5) is 8.50. The monoisotopic (exact) mass is 456 g/mol. The van der Waals surface area contributed by atoms with Crippen LogP contribution in [-0.4, -0.2) is 127 Å². The molecule has 0 aromatic rings. The summed E-state index contributed by atoms with van der Waals surface area (Å²) < 4.78 is 25.5. The molecular formula is C20H48N4O4Ti. The van der Waals surface area contributed by atoms with Crippen LogP contribution in [0.3, 0.4) is 0 Å². The normalized spacial score (nSPS) is 19.0. The Hall–Kier alpha value is 0.394. The maximum absolute atomic E-state index is 6.37. The van der Waals surface area contributed by atoms with Gasteiger partial charge in [0.05, 0.1) is 0 Å². The number of hydrogen-bond donors (Lipinski definition) is 0. The third-order valence-corrected chi connectivity index (χ3v) is 8.78. The van der Waals surface area contributed by atoms with Gasteiger partial charge >= 0.3 is 186 Å². The average molecular weight is 456 g/mol. The van der Waals surface area contributed by atoms with Crippen LogP contribution in [0.15, 0.2) is 0 Å². The summed E-state index contributed by atoms with van der Waals surface area (Å²) in [5, 5.41) is 0. The van der Waals surface area contributed by atoms with Crippen LogP contribution in [0.25, 0.3) is 0 Å². The van der Waals surface area contributed by atoms with Crippen LogP contribution < -0.4 is 0 Å². The molecule has 0 spiro atoms. The van der Waals surface area contributed by atoms with E-state index in [-0.39, 0.29) is 24.2 Å². The standard InChI is InChI=1S/4C5H12NO.Ti/c4*1-5(4-7)6(2)3;/h4*5H,4H2,1-3H3;/q4*-1;+4. The number of nitrogens with zero attached hydrogens (tertiary/aromatic N) is 4. The van der Waals surface area contributed by atoms with Gasteiger partial charge in [0.15, 0.2) is 0 Å². The van der Waals surface area contributed by atoms with Crippen molar-refractivity contribution in [3.63, 3.8) is 0 Å². The molecule has 0 saturated heterocycles. The van der Waals surface area contributed by atoms with Gasteiger partial charge in [-0.15, -0.1) is 0 Å². The molecule has 0 aliphatic carbocycles. The third kappa shape index (κ3) is 12.1. The van der Waals surface area contributed by atoms with Crippen molar-refractivity contribution in [3.8, 4) is 0 Å². The van der Waals surface area contributed by atoms with E-state index in [1.54, 1.807) is 0 Å². The number of likely N-dealkylation sites (N-methyl/N-ethyl adjacent to an activating group) is 4. The van der Waals surface area contributed by atoms with Crippen LogP contribution in [0.5, 0.6) is 0 Å². The van der Waals surface area contributed by atoms with Crippen LogP contribution in [0.1, 0.15) is 27.7 Å². The van der Waals surface area contributed by atoms with Crippen LogP contribution in [-0.2, 0) is 31.4 Å². The zero-order valence-corrected chi connectivity index (χ0v) is 22.6. The van der Waals surface area contributed by atoms with Gasteiger partial charge in [0.25, 0.3) is 0 Å². The molecule has 0 amide bonds. The average Bonchev–Trinajstić information content (AvgIpc) is 2.64. The second kappa shape index (κ2) is 14.5. The number of hydrogen-bond acceptors (Lipinski definition) is 8. The molecule has 0 heterocycles. The fourth-order valence-electron chi connectivity index (χ4n) is 1.74. The van der Waals surface area contributed by atoms with E-state index >= 15 is 0 Å². The molecule has 29 heavy (non-hydrogen) atoms. The Labute approximate surface area is 185 Å². The number of rotatable bonds is 16. The van der Waals surface area contributed by atoms with Gasteiger partial charge in [0.1, 0.15) is 0 Å². The van der Waals surface area contributed by atoms with Crippen molar-refractivity contribution in [2.24, 2.45) is 0 Å². The minimum absolute atomic E-state index is 0.236. The third-order valence-electron chi connectivity index (χ3n) is 5.53. The molecule has 0 N–H and O–H groups in total. The molecule has 0 aliphatic heterocycles. The van der Waals surface area contributed by atoms with Gasteiger partial charge in [0, 0.05) is 0 Å². The van der Waals surface area contributed by atoms with E-state index in [1.165, 1.54) is 0 Å². The summed E-state index contributed by atoms with van der Waals surface area (Å²) in [5.41, 5.74) is 0. The molecule has 0 aliphatic rings. The van der Waals surface area contributed by atoms with E-state index in [4.69, 9.17) is 13.3 Å². The van der Waals surface area contributed by atoms with Crippen molar-refractivity contribution in [3.05, 3.63) is 0 Å². The second-order valence-electron chi connectivity index (χ2n) is 8.99. The zero-order chi connectivity index (χ0) is 22.8. The Morgan fingerprint density at radius 1 is 0.448 bits per heavy atom. The van der Waals surface area contributed by atoms with Crippen molar-refractivity contribution in [1.82, 2.24) is 19.6 Å². The summed E-state index contributed by atoms with van der Waals surface area (Å²) in [6.45, 7) is 10.5. The maximum atomic E-state index is 6.37. The molecule has 0 bridgehead atoms. The van der Waals surface area contributed by atoms with E-state index in [0.717, 1.165) is 0 Å². The molecule has 0 fully saturated rings. The van der Waals surface area contributed by atoms with Gasteiger partial charge in [0.2, 0.25) is 0 Å². The van der Waals surface area contributed by atoms with Gasteiger partial charge in [-0.05, 0) is 0 Å². The molecule has 4 atom stereocenters. The summed E-state index contributed by atoms with van der Waals surface area (Å²) in [6, 6.07) is 0.943. The van der Waals surface area contributed by atoms with Gasteiger partial charge in [-0.1, -0.05) is 0 Å². The fraction of sp³-hybridized carbons (Fsp3) is 1.00. The van der Waals surface area contributed by atoms with Crippen LogP contribution in [0, 0.1) is 0 Å². The van der Waals surface area contributed by atoms with Gasteiger partial charge < -0.3 is 0 Å². The SMILES string of the molecule is CC(C[O][Ti]([O]CC(C)N(C)C)([O]CC(C)N(C)C)[O]CC(C)N(C)C)N(C)C. The summed E-state index contributed by atoms with van der Waals surface area (Å²) in [6.07, 6.45) is 0. The first-order valence-electron chi connectivity index (χ1n) is 10.5. The molecule has 0 rings (SSSR count). The first-order valence-corrected chi connectivity index (χ1v) is 13.1. The van der Waals surface area contributed by atoms with Gasteiger partial charge in [-0.2, -0.15) is 0 Å².